The van der Waals surface area contributed by atoms with Crippen molar-refractivity contribution in [1.82, 2.24) is 23.3 Å². The third-order valence-electron chi connectivity index (χ3n) is 5.65. The topological polar surface area (TPSA) is 106 Å². The maximum atomic E-state index is 12.7. The van der Waals surface area contributed by atoms with E-state index in [0.29, 0.717) is 29.7 Å². The highest BCUT2D eigenvalue weighted by Crippen LogP contribution is 2.18. The summed E-state index contributed by atoms with van der Waals surface area (Å²) in [5.41, 5.74) is 2.03. The molecule has 4 heterocycles. The van der Waals surface area contributed by atoms with E-state index in [1.807, 2.05) is 30.5 Å². The van der Waals surface area contributed by atoms with E-state index in [9.17, 15) is 14.4 Å². The Bertz CT molecular complexity index is 1400. The van der Waals surface area contributed by atoms with Gasteiger partial charge in [-0.2, -0.15) is 0 Å². The Morgan fingerprint density at radius 1 is 1.19 bits per heavy atom. The first-order valence-electron chi connectivity index (χ1n) is 10.3. The fourth-order valence-electron chi connectivity index (χ4n) is 3.87. The molecule has 0 aliphatic rings. The van der Waals surface area contributed by atoms with Crippen LogP contribution in [0.1, 0.15) is 33.9 Å². The Hall–Kier alpha value is -3.82. The van der Waals surface area contributed by atoms with Crippen LogP contribution in [0, 0.1) is 13.8 Å². The summed E-state index contributed by atoms with van der Waals surface area (Å²) in [5, 5.41) is 0. The van der Waals surface area contributed by atoms with E-state index in [1.165, 1.54) is 10.9 Å². The average molecular weight is 439 g/mol. The van der Waals surface area contributed by atoms with Crippen molar-refractivity contribution in [2.75, 3.05) is 6.61 Å². The lowest BCUT2D eigenvalue weighted by Gasteiger charge is -2.10. The van der Waals surface area contributed by atoms with Crippen LogP contribution < -0.4 is 11.2 Å². The van der Waals surface area contributed by atoms with E-state index >= 15 is 0 Å². The molecule has 0 saturated heterocycles. The van der Waals surface area contributed by atoms with Crippen LogP contribution in [-0.2, 0) is 31.9 Å². The van der Waals surface area contributed by atoms with Crippen molar-refractivity contribution in [3.05, 3.63) is 74.3 Å². The molecule has 0 fully saturated rings. The Balaban J connectivity index is 1.43. The number of carbonyl (C=O) groups is 1. The SMILES string of the molecule is Cc1cc(C(=O)OCCCn2c(=O)c3c(ncn3C)n(C)c2=O)c(C)n1Cc1ccco1. The highest BCUT2D eigenvalue weighted by molar-refractivity contribution is 5.91. The molecule has 10 nitrogen and oxygen atoms in total. The molecule has 0 N–H and O–H groups in total. The monoisotopic (exact) mass is 439 g/mol. The number of carbonyl (C=O) groups excluding carboxylic acids is 1. The summed E-state index contributed by atoms with van der Waals surface area (Å²) in [5.74, 6) is 0.357. The number of hydrogen-bond donors (Lipinski definition) is 0. The van der Waals surface area contributed by atoms with Gasteiger partial charge in [0.25, 0.3) is 5.56 Å². The number of furan rings is 1. The van der Waals surface area contributed by atoms with Crippen molar-refractivity contribution in [3.63, 3.8) is 0 Å². The van der Waals surface area contributed by atoms with Gasteiger partial charge in [0.05, 0.1) is 31.3 Å². The lowest BCUT2D eigenvalue weighted by Crippen LogP contribution is -2.39. The van der Waals surface area contributed by atoms with E-state index in [1.54, 1.807) is 31.0 Å². The molecule has 0 aliphatic carbocycles. The predicted octanol–water partition coefficient (Wildman–Crippen LogP) is 1.74. The number of hydrogen-bond acceptors (Lipinski definition) is 6. The van der Waals surface area contributed by atoms with Crippen molar-refractivity contribution in [1.29, 1.82) is 0 Å². The van der Waals surface area contributed by atoms with Crippen LogP contribution in [0.5, 0.6) is 0 Å². The fourth-order valence-corrected chi connectivity index (χ4v) is 3.87. The van der Waals surface area contributed by atoms with Crippen LogP contribution in [0.3, 0.4) is 0 Å². The molecule has 168 valence electrons. The summed E-state index contributed by atoms with van der Waals surface area (Å²) in [6.45, 7) is 4.53. The molecular weight excluding hydrogens is 414 g/mol. The standard InChI is InChI=1S/C22H25N5O5/c1-14-11-17(15(2)27(14)12-16-7-5-9-31-16)21(29)32-10-6-8-26-20(28)18-19(23-13-24(18)3)25(4)22(26)30/h5,7,9,11,13H,6,8,10,12H2,1-4H3. The second-order valence-electron chi connectivity index (χ2n) is 7.77. The second-order valence-corrected chi connectivity index (χ2v) is 7.77. The van der Waals surface area contributed by atoms with Gasteiger partial charge >= 0.3 is 11.7 Å². The number of ether oxygens (including phenoxy) is 1. The molecule has 32 heavy (non-hydrogen) atoms. The average Bonchev–Trinajstić information content (AvgIpc) is 3.48. The van der Waals surface area contributed by atoms with Crippen molar-refractivity contribution < 1.29 is 13.9 Å². The Morgan fingerprint density at radius 2 is 1.97 bits per heavy atom. The molecule has 10 heteroatoms. The highest BCUT2D eigenvalue weighted by Gasteiger charge is 2.18. The number of aryl methyl sites for hydroxylation is 3. The molecule has 0 amide bonds. The molecule has 0 radical (unpaired) electrons. The third kappa shape index (κ3) is 3.68. The zero-order chi connectivity index (χ0) is 23.0. The summed E-state index contributed by atoms with van der Waals surface area (Å²) in [7, 11) is 3.28. The van der Waals surface area contributed by atoms with Gasteiger partial charge in [-0.25, -0.2) is 14.6 Å². The lowest BCUT2D eigenvalue weighted by atomic mass is 10.2. The first-order valence-corrected chi connectivity index (χ1v) is 10.3. The van der Waals surface area contributed by atoms with Crippen molar-refractivity contribution in [3.8, 4) is 0 Å². The van der Waals surface area contributed by atoms with Crippen LogP contribution in [0.25, 0.3) is 11.2 Å². The molecule has 0 unspecified atom stereocenters. The van der Waals surface area contributed by atoms with E-state index < -0.39 is 17.2 Å². The maximum Gasteiger partial charge on any atom is 0.339 e. The summed E-state index contributed by atoms with van der Waals surface area (Å²) < 4.78 is 16.9. The molecule has 0 saturated carbocycles. The molecule has 0 bridgehead atoms. The van der Waals surface area contributed by atoms with Crippen molar-refractivity contribution >= 4 is 17.1 Å². The van der Waals surface area contributed by atoms with Crippen molar-refractivity contribution in [2.45, 2.75) is 33.4 Å². The molecule has 4 rings (SSSR count). The largest absolute Gasteiger partial charge is 0.467 e. The predicted molar refractivity (Wildman–Crippen MR) is 117 cm³/mol. The number of fused-ring (bicyclic) bond motifs is 1. The molecule has 0 aliphatic heterocycles. The van der Waals surface area contributed by atoms with Crippen LogP contribution in [0.4, 0.5) is 0 Å². The minimum Gasteiger partial charge on any atom is -0.467 e. The smallest absolute Gasteiger partial charge is 0.339 e. The molecular formula is C22H25N5O5. The number of rotatable bonds is 7. The molecule has 4 aromatic rings. The normalized spacial score (nSPS) is 11.4. The van der Waals surface area contributed by atoms with Gasteiger partial charge in [0.1, 0.15) is 5.76 Å². The molecule has 0 atom stereocenters. The number of aromatic nitrogens is 5. The van der Waals surface area contributed by atoms with Gasteiger partial charge < -0.3 is 18.3 Å². The zero-order valence-corrected chi connectivity index (χ0v) is 18.5. The summed E-state index contributed by atoms with van der Waals surface area (Å²) in [6, 6.07) is 5.49. The number of nitrogens with zero attached hydrogens (tertiary/aromatic N) is 5. The van der Waals surface area contributed by atoms with Gasteiger partial charge in [-0.3, -0.25) is 13.9 Å². The van der Waals surface area contributed by atoms with Gasteiger partial charge in [0, 0.05) is 32.0 Å². The minimum atomic E-state index is -0.450. The Morgan fingerprint density at radius 3 is 2.69 bits per heavy atom. The minimum absolute atomic E-state index is 0.0830. The van der Waals surface area contributed by atoms with E-state index in [0.717, 1.165) is 21.7 Å². The van der Waals surface area contributed by atoms with Crippen molar-refractivity contribution in [2.24, 2.45) is 14.1 Å². The van der Waals surface area contributed by atoms with Gasteiger partial charge in [-0.05, 0) is 38.5 Å². The fraction of sp³-hybridized carbons (Fsp3) is 0.364. The second kappa shape index (κ2) is 8.37. The van der Waals surface area contributed by atoms with E-state index in [-0.39, 0.29) is 13.2 Å². The first-order chi connectivity index (χ1) is 15.3. The van der Waals surface area contributed by atoms with Gasteiger partial charge in [-0.1, -0.05) is 0 Å². The van der Waals surface area contributed by atoms with Gasteiger partial charge in [0.15, 0.2) is 11.2 Å². The van der Waals surface area contributed by atoms with Crippen LogP contribution in [-0.4, -0.2) is 35.8 Å². The summed E-state index contributed by atoms with van der Waals surface area (Å²) in [4.78, 5) is 42.0. The van der Waals surface area contributed by atoms with Crippen LogP contribution in [0.2, 0.25) is 0 Å². The number of esters is 1. The van der Waals surface area contributed by atoms with Crippen LogP contribution in [0.15, 0.2) is 44.8 Å². The zero-order valence-electron chi connectivity index (χ0n) is 18.5. The van der Waals surface area contributed by atoms with E-state index in [4.69, 9.17) is 9.15 Å². The van der Waals surface area contributed by atoms with E-state index in [2.05, 4.69) is 4.98 Å². The highest BCUT2D eigenvalue weighted by atomic mass is 16.5. The van der Waals surface area contributed by atoms with Crippen LogP contribution >= 0.6 is 0 Å². The lowest BCUT2D eigenvalue weighted by molar-refractivity contribution is 0.0494. The molecule has 0 aromatic carbocycles. The Labute approximate surface area is 183 Å². The summed E-state index contributed by atoms with van der Waals surface area (Å²) >= 11 is 0. The molecule has 4 aromatic heterocycles. The van der Waals surface area contributed by atoms with Gasteiger partial charge in [-0.15, -0.1) is 0 Å². The quantitative estimate of drug-likeness (QED) is 0.321. The number of imidazole rings is 1. The third-order valence-corrected chi connectivity index (χ3v) is 5.65. The summed E-state index contributed by atoms with van der Waals surface area (Å²) in [6.07, 6.45) is 3.44. The van der Waals surface area contributed by atoms with Gasteiger partial charge in [0.2, 0.25) is 0 Å². The first kappa shape index (κ1) is 21.4. The molecule has 0 spiro atoms. The Kier molecular flexibility index (Phi) is 5.60. The maximum absolute atomic E-state index is 12.7.